The van der Waals surface area contributed by atoms with Crippen molar-refractivity contribution in [2.75, 3.05) is 26.2 Å². The number of nitrogens with zero attached hydrogens (tertiary/aromatic N) is 2. The molecule has 4 rings (SSSR count). The fraction of sp³-hybridized carbons (Fsp3) is 0.714. The molecule has 1 aromatic rings. The average Bonchev–Trinajstić information content (AvgIpc) is 3.27. The molecular weight excluding hydrogens is 328 g/mol. The van der Waals surface area contributed by atoms with Crippen LogP contribution in [0, 0.1) is 18.3 Å². The second-order valence-electron chi connectivity index (χ2n) is 8.51. The van der Waals surface area contributed by atoms with Gasteiger partial charge in [0.25, 0.3) is 5.91 Å². The predicted octanol–water partition coefficient (Wildman–Crippen LogP) is 3.62. The van der Waals surface area contributed by atoms with Gasteiger partial charge >= 0.3 is 0 Å². The molecule has 1 aliphatic carbocycles. The first kappa shape index (κ1) is 17.6. The van der Waals surface area contributed by atoms with Crippen molar-refractivity contribution in [2.45, 2.75) is 58.3 Å². The molecular formula is C21H30N2O3. The zero-order valence-electron chi connectivity index (χ0n) is 15.8. The highest BCUT2D eigenvalue weighted by molar-refractivity contribution is 5.96. The van der Waals surface area contributed by atoms with Crippen LogP contribution in [0.15, 0.2) is 16.7 Å². The van der Waals surface area contributed by atoms with Crippen LogP contribution in [-0.4, -0.2) is 47.8 Å². The van der Waals surface area contributed by atoms with E-state index in [4.69, 9.17) is 4.42 Å². The molecule has 1 atom stereocenters. The Hall–Kier alpha value is -1.78. The highest BCUT2D eigenvalue weighted by atomic mass is 16.3. The summed E-state index contributed by atoms with van der Waals surface area (Å²) in [6, 6.07) is 1.74. The molecule has 2 saturated heterocycles. The molecule has 0 radical (unpaired) electrons. The van der Waals surface area contributed by atoms with E-state index in [2.05, 4.69) is 4.90 Å². The Labute approximate surface area is 155 Å². The Balaban J connectivity index is 1.43. The number of aryl methyl sites for hydroxylation is 1. The molecule has 0 aromatic carbocycles. The molecule has 142 valence electrons. The Morgan fingerprint density at radius 2 is 2.00 bits per heavy atom. The maximum absolute atomic E-state index is 13.3. The molecule has 0 bridgehead atoms. The van der Waals surface area contributed by atoms with Gasteiger partial charge in [0.05, 0.1) is 17.2 Å². The summed E-state index contributed by atoms with van der Waals surface area (Å²) in [5.41, 5.74) is 0.282. The molecule has 1 spiro atoms. The SMILES string of the molecule is Cc1occc1C(=O)N1CC[C@]2(CCCN(CC3CCCCC3)C2=O)C1. The maximum Gasteiger partial charge on any atom is 0.257 e. The molecule has 3 aliphatic rings. The Bertz CT molecular complexity index is 677. The van der Waals surface area contributed by atoms with Crippen LogP contribution in [0.4, 0.5) is 0 Å². The molecule has 1 aromatic heterocycles. The lowest BCUT2D eigenvalue weighted by Crippen LogP contribution is -2.51. The third-order valence-electron chi connectivity index (χ3n) is 6.76. The van der Waals surface area contributed by atoms with Gasteiger partial charge in [-0.2, -0.15) is 0 Å². The van der Waals surface area contributed by atoms with Crippen LogP contribution in [0.1, 0.15) is 67.5 Å². The Morgan fingerprint density at radius 1 is 1.19 bits per heavy atom. The number of hydrogen-bond acceptors (Lipinski definition) is 3. The smallest absolute Gasteiger partial charge is 0.257 e. The van der Waals surface area contributed by atoms with E-state index >= 15 is 0 Å². The fourth-order valence-corrected chi connectivity index (χ4v) is 5.21. The second kappa shape index (κ2) is 7.09. The molecule has 2 aliphatic heterocycles. The van der Waals surface area contributed by atoms with Crippen molar-refractivity contribution < 1.29 is 14.0 Å². The Morgan fingerprint density at radius 3 is 2.73 bits per heavy atom. The topological polar surface area (TPSA) is 53.8 Å². The van der Waals surface area contributed by atoms with Gasteiger partial charge in [0.2, 0.25) is 5.91 Å². The molecule has 2 amide bonds. The minimum atomic E-state index is -0.347. The molecule has 1 saturated carbocycles. The molecule has 3 heterocycles. The highest BCUT2D eigenvalue weighted by Crippen LogP contribution is 2.41. The summed E-state index contributed by atoms with van der Waals surface area (Å²) < 4.78 is 5.28. The zero-order chi connectivity index (χ0) is 18.1. The minimum Gasteiger partial charge on any atom is -0.469 e. The van der Waals surface area contributed by atoms with Crippen LogP contribution in [-0.2, 0) is 4.79 Å². The molecule has 5 nitrogen and oxygen atoms in total. The summed E-state index contributed by atoms with van der Waals surface area (Å²) in [4.78, 5) is 30.1. The fourth-order valence-electron chi connectivity index (χ4n) is 5.21. The number of carbonyl (C=O) groups is 2. The van der Waals surface area contributed by atoms with Crippen LogP contribution < -0.4 is 0 Å². The van der Waals surface area contributed by atoms with Gasteiger partial charge in [-0.1, -0.05) is 19.3 Å². The highest BCUT2D eigenvalue weighted by Gasteiger charge is 2.49. The quantitative estimate of drug-likeness (QED) is 0.829. The van der Waals surface area contributed by atoms with E-state index in [1.165, 1.54) is 32.1 Å². The van der Waals surface area contributed by atoms with Crippen LogP contribution in [0.3, 0.4) is 0 Å². The van der Waals surface area contributed by atoms with Crippen LogP contribution in [0.5, 0.6) is 0 Å². The monoisotopic (exact) mass is 358 g/mol. The van der Waals surface area contributed by atoms with Crippen LogP contribution in [0.2, 0.25) is 0 Å². The third-order valence-corrected chi connectivity index (χ3v) is 6.76. The number of piperidine rings is 1. The molecule has 0 unspecified atom stereocenters. The second-order valence-corrected chi connectivity index (χ2v) is 8.51. The minimum absolute atomic E-state index is 0.00493. The van der Waals surface area contributed by atoms with Gasteiger partial charge in [0, 0.05) is 26.2 Å². The van der Waals surface area contributed by atoms with Gasteiger partial charge < -0.3 is 14.2 Å². The maximum atomic E-state index is 13.3. The van der Waals surface area contributed by atoms with E-state index in [0.29, 0.717) is 36.2 Å². The number of furan rings is 1. The summed E-state index contributed by atoms with van der Waals surface area (Å²) >= 11 is 0. The van der Waals surface area contributed by atoms with E-state index in [0.717, 1.165) is 32.4 Å². The van der Waals surface area contributed by atoms with Gasteiger partial charge in [-0.3, -0.25) is 9.59 Å². The zero-order valence-corrected chi connectivity index (χ0v) is 15.8. The number of hydrogen-bond donors (Lipinski definition) is 0. The number of carbonyl (C=O) groups excluding carboxylic acids is 2. The standard InChI is InChI=1S/C21H30N2O3/c1-16-18(8-13-26-16)19(24)23-12-10-21(15-23)9-5-11-22(20(21)25)14-17-6-3-2-4-7-17/h8,13,17H,2-7,9-12,14-15H2,1H3/t21-/m1/s1. The Kier molecular flexibility index (Phi) is 4.80. The van der Waals surface area contributed by atoms with Gasteiger partial charge in [-0.05, 0) is 51.0 Å². The van der Waals surface area contributed by atoms with Crippen molar-refractivity contribution in [1.82, 2.24) is 9.80 Å². The summed E-state index contributed by atoms with van der Waals surface area (Å²) in [5, 5.41) is 0. The van der Waals surface area contributed by atoms with E-state index in [9.17, 15) is 9.59 Å². The summed E-state index contributed by atoms with van der Waals surface area (Å²) in [6.45, 7) is 4.88. The first-order chi connectivity index (χ1) is 12.6. The predicted molar refractivity (Wildman–Crippen MR) is 98.8 cm³/mol. The molecule has 0 N–H and O–H groups in total. The van der Waals surface area contributed by atoms with Crippen molar-refractivity contribution in [3.8, 4) is 0 Å². The average molecular weight is 358 g/mol. The van der Waals surface area contributed by atoms with Crippen molar-refractivity contribution in [1.29, 1.82) is 0 Å². The summed E-state index contributed by atoms with van der Waals surface area (Å²) in [5.74, 6) is 1.64. The van der Waals surface area contributed by atoms with E-state index < -0.39 is 0 Å². The summed E-state index contributed by atoms with van der Waals surface area (Å²) in [7, 11) is 0. The van der Waals surface area contributed by atoms with Gasteiger partial charge in [-0.25, -0.2) is 0 Å². The molecule has 3 fully saturated rings. The van der Waals surface area contributed by atoms with E-state index in [1.54, 1.807) is 12.3 Å². The lowest BCUT2D eigenvalue weighted by Gasteiger charge is -2.41. The third kappa shape index (κ3) is 3.17. The van der Waals surface area contributed by atoms with Crippen LogP contribution >= 0.6 is 0 Å². The van der Waals surface area contributed by atoms with Crippen molar-refractivity contribution in [3.05, 3.63) is 23.7 Å². The first-order valence-corrected chi connectivity index (χ1v) is 10.2. The van der Waals surface area contributed by atoms with Gasteiger partial charge in [-0.15, -0.1) is 0 Å². The largest absolute Gasteiger partial charge is 0.469 e. The van der Waals surface area contributed by atoms with Gasteiger partial charge in [0.1, 0.15) is 5.76 Å². The molecule has 26 heavy (non-hydrogen) atoms. The number of rotatable bonds is 3. The van der Waals surface area contributed by atoms with Crippen molar-refractivity contribution in [3.63, 3.8) is 0 Å². The lowest BCUT2D eigenvalue weighted by molar-refractivity contribution is -0.146. The van der Waals surface area contributed by atoms with Crippen molar-refractivity contribution >= 4 is 11.8 Å². The van der Waals surface area contributed by atoms with E-state index in [1.807, 2.05) is 11.8 Å². The first-order valence-electron chi connectivity index (χ1n) is 10.2. The summed E-state index contributed by atoms with van der Waals surface area (Å²) in [6.07, 6.45) is 10.8. The number of likely N-dealkylation sites (tertiary alicyclic amines) is 2. The van der Waals surface area contributed by atoms with Gasteiger partial charge in [0.15, 0.2) is 0 Å². The van der Waals surface area contributed by atoms with E-state index in [-0.39, 0.29) is 11.3 Å². The lowest BCUT2D eigenvalue weighted by atomic mass is 9.77. The number of amides is 2. The van der Waals surface area contributed by atoms with Crippen LogP contribution in [0.25, 0.3) is 0 Å². The molecule has 5 heteroatoms. The van der Waals surface area contributed by atoms with Crippen molar-refractivity contribution in [2.24, 2.45) is 11.3 Å². The normalized spacial score (nSPS) is 27.5.